The van der Waals surface area contributed by atoms with E-state index >= 15 is 0 Å². The Hall–Kier alpha value is -2.16. The summed E-state index contributed by atoms with van der Waals surface area (Å²) in [7, 11) is 0. The largest absolute Gasteiger partial charge is 0.360 e. The van der Waals surface area contributed by atoms with E-state index in [4.69, 9.17) is 4.52 Å². The van der Waals surface area contributed by atoms with Crippen LogP contribution < -0.4 is 5.32 Å². The highest BCUT2D eigenvalue weighted by atomic mass is 32.2. The highest BCUT2D eigenvalue weighted by Gasteiger charge is 2.09. The molecule has 132 valence electrons. The monoisotopic (exact) mass is 400 g/mol. The predicted octanol–water partition coefficient (Wildman–Crippen LogP) is 5.20. The van der Waals surface area contributed by atoms with Crippen molar-refractivity contribution >= 4 is 39.6 Å². The molecule has 4 aromatic rings. The minimum Gasteiger partial charge on any atom is -0.360 e. The van der Waals surface area contributed by atoms with E-state index in [2.05, 4.69) is 38.2 Å². The Morgan fingerprint density at radius 3 is 2.85 bits per heavy atom. The number of thiophene rings is 1. The second kappa shape index (κ2) is 8.48. The van der Waals surface area contributed by atoms with E-state index in [1.807, 2.05) is 36.4 Å². The van der Waals surface area contributed by atoms with Crippen molar-refractivity contribution in [3.63, 3.8) is 0 Å². The molecule has 0 aliphatic carbocycles. The lowest BCUT2D eigenvalue weighted by Crippen LogP contribution is -2.03. The van der Waals surface area contributed by atoms with Crippen LogP contribution in [0.25, 0.3) is 11.3 Å². The summed E-state index contributed by atoms with van der Waals surface area (Å²) < 4.78 is 6.35. The van der Waals surface area contributed by atoms with Crippen LogP contribution in [-0.4, -0.2) is 21.9 Å². The molecule has 3 heterocycles. The van der Waals surface area contributed by atoms with Gasteiger partial charge in [-0.1, -0.05) is 64.7 Å². The molecule has 0 bridgehead atoms. The lowest BCUT2D eigenvalue weighted by Gasteiger charge is -1.98. The predicted molar refractivity (Wildman–Crippen MR) is 108 cm³/mol. The third kappa shape index (κ3) is 4.51. The normalized spacial score (nSPS) is 10.9. The van der Waals surface area contributed by atoms with Crippen LogP contribution in [0.5, 0.6) is 0 Å². The molecule has 8 heteroatoms. The van der Waals surface area contributed by atoms with Crippen LogP contribution in [0.2, 0.25) is 0 Å². The van der Waals surface area contributed by atoms with Gasteiger partial charge < -0.3 is 9.84 Å². The third-order valence-corrected chi connectivity index (χ3v) is 6.58. The van der Waals surface area contributed by atoms with Crippen molar-refractivity contribution in [2.75, 3.05) is 11.9 Å². The van der Waals surface area contributed by atoms with Gasteiger partial charge in [0.15, 0.2) is 10.1 Å². The first kappa shape index (κ1) is 17.3. The molecule has 5 nitrogen and oxygen atoms in total. The van der Waals surface area contributed by atoms with Crippen molar-refractivity contribution in [3.05, 3.63) is 64.5 Å². The third-order valence-electron chi connectivity index (χ3n) is 3.59. The van der Waals surface area contributed by atoms with Crippen LogP contribution in [0.4, 0.5) is 5.13 Å². The molecule has 1 N–H and O–H groups in total. The second-order valence-corrected chi connectivity index (χ2v) is 8.70. The Morgan fingerprint density at radius 1 is 1.08 bits per heavy atom. The quantitative estimate of drug-likeness (QED) is 0.410. The number of hydrogen-bond donors (Lipinski definition) is 1. The maximum Gasteiger partial charge on any atom is 0.206 e. The summed E-state index contributed by atoms with van der Waals surface area (Å²) in [6.07, 6.45) is 1.00. The Bertz CT molecular complexity index is 934. The first-order valence-corrected chi connectivity index (χ1v) is 10.8. The van der Waals surface area contributed by atoms with Gasteiger partial charge in [-0.05, 0) is 17.9 Å². The molecule has 0 atom stereocenters. The maximum atomic E-state index is 5.43. The van der Waals surface area contributed by atoms with E-state index in [-0.39, 0.29) is 0 Å². The first-order chi connectivity index (χ1) is 12.9. The molecular weight excluding hydrogens is 384 g/mol. The zero-order valence-electron chi connectivity index (χ0n) is 13.8. The zero-order chi connectivity index (χ0) is 17.6. The molecule has 1 aromatic carbocycles. The molecule has 0 unspecified atom stereocenters. The summed E-state index contributed by atoms with van der Waals surface area (Å²) >= 11 is 4.96. The lowest BCUT2D eigenvalue weighted by molar-refractivity contribution is 0.426. The highest BCUT2D eigenvalue weighted by Crippen LogP contribution is 2.29. The molecular formula is C18H16N4OS3. The van der Waals surface area contributed by atoms with Crippen molar-refractivity contribution in [3.8, 4) is 11.3 Å². The minimum atomic E-state index is 0.708. The number of rotatable bonds is 8. The van der Waals surface area contributed by atoms with Gasteiger partial charge >= 0.3 is 0 Å². The molecule has 0 radical (unpaired) electrons. The lowest BCUT2D eigenvalue weighted by atomic mass is 10.2. The minimum absolute atomic E-state index is 0.708. The number of anilines is 1. The fraction of sp³-hybridized carbons (Fsp3) is 0.167. The summed E-state index contributed by atoms with van der Waals surface area (Å²) in [5.41, 5.74) is 1.93. The average Bonchev–Trinajstić information content (AvgIpc) is 3.43. The molecule has 0 amide bonds. The number of benzene rings is 1. The Morgan fingerprint density at radius 2 is 2.00 bits per heavy atom. The number of nitrogens with one attached hydrogen (secondary N) is 1. The molecule has 0 aliphatic heterocycles. The Kier molecular flexibility index (Phi) is 5.63. The summed E-state index contributed by atoms with van der Waals surface area (Å²) in [6.45, 7) is 0.865. The summed E-state index contributed by atoms with van der Waals surface area (Å²) in [5.74, 6) is 1.49. The number of hydrogen-bond acceptors (Lipinski definition) is 8. The van der Waals surface area contributed by atoms with Gasteiger partial charge in [0.2, 0.25) is 5.13 Å². The van der Waals surface area contributed by atoms with Crippen molar-refractivity contribution < 1.29 is 4.52 Å². The van der Waals surface area contributed by atoms with Crippen LogP contribution in [0.3, 0.4) is 0 Å². The fourth-order valence-electron chi connectivity index (χ4n) is 2.34. The molecule has 0 saturated heterocycles. The standard InChI is InChI=1S/C18H16N4OS3/c1-2-5-13(6-3-1)16-11-14(22-23-16)12-25-18-21-20-17(26-18)19-9-8-15-7-4-10-24-15/h1-7,10-11H,8-9,12H2,(H,19,20). The van der Waals surface area contributed by atoms with Crippen LogP contribution >= 0.6 is 34.4 Å². The van der Waals surface area contributed by atoms with E-state index < -0.39 is 0 Å². The SMILES string of the molecule is c1ccc(-c2cc(CSc3nnc(NCCc4cccs4)s3)no2)cc1. The topological polar surface area (TPSA) is 63.8 Å². The van der Waals surface area contributed by atoms with Crippen molar-refractivity contribution in [2.24, 2.45) is 0 Å². The number of aromatic nitrogens is 3. The van der Waals surface area contributed by atoms with Gasteiger partial charge in [0.05, 0.1) is 5.69 Å². The van der Waals surface area contributed by atoms with Gasteiger partial charge in [-0.25, -0.2) is 0 Å². The van der Waals surface area contributed by atoms with Gasteiger partial charge in [0, 0.05) is 28.8 Å². The van der Waals surface area contributed by atoms with E-state index in [0.717, 1.165) is 39.5 Å². The van der Waals surface area contributed by atoms with Crippen molar-refractivity contribution in [1.29, 1.82) is 0 Å². The zero-order valence-corrected chi connectivity index (χ0v) is 16.2. The Balaban J connectivity index is 1.27. The van der Waals surface area contributed by atoms with E-state index in [1.165, 1.54) is 4.88 Å². The van der Waals surface area contributed by atoms with Crippen LogP contribution in [-0.2, 0) is 12.2 Å². The summed E-state index contributed by atoms with van der Waals surface area (Å²) in [4.78, 5) is 1.37. The van der Waals surface area contributed by atoms with Gasteiger partial charge in [0.1, 0.15) is 0 Å². The van der Waals surface area contributed by atoms with Gasteiger partial charge in [-0.15, -0.1) is 21.5 Å². The second-order valence-electron chi connectivity index (χ2n) is 5.47. The van der Waals surface area contributed by atoms with Gasteiger partial charge in [0.25, 0.3) is 0 Å². The molecule has 0 spiro atoms. The Labute approximate surface area is 163 Å². The smallest absolute Gasteiger partial charge is 0.206 e. The first-order valence-electron chi connectivity index (χ1n) is 8.10. The molecule has 0 fully saturated rings. The fourth-order valence-corrected chi connectivity index (χ4v) is 4.71. The van der Waals surface area contributed by atoms with Crippen molar-refractivity contribution in [2.45, 2.75) is 16.5 Å². The number of nitrogens with zero attached hydrogens (tertiary/aromatic N) is 3. The molecule has 26 heavy (non-hydrogen) atoms. The van der Waals surface area contributed by atoms with Crippen molar-refractivity contribution in [1.82, 2.24) is 15.4 Å². The van der Waals surface area contributed by atoms with Crippen LogP contribution in [0, 0.1) is 0 Å². The molecule has 0 aliphatic rings. The molecule has 3 aromatic heterocycles. The van der Waals surface area contributed by atoms with Gasteiger partial charge in [-0.3, -0.25) is 0 Å². The average molecular weight is 401 g/mol. The summed E-state index contributed by atoms with van der Waals surface area (Å²) in [5, 5.41) is 18.8. The summed E-state index contributed by atoms with van der Waals surface area (Å²) in [6, 6.07) is 16.2. The van der Waals surface area contributed by atoms with Gasteiger partial charge in [-0.2, -0.15) is 0 Å². The molecule has 0 saturated carbocycles. The van der Waals surface area contributed by atoms with E-state index in [0.29, 0.717) is 5.75 Å². The number of thioether (sulfide) groups is 1. The van der Waals surface area contributed by atoms with E-state index in [9.17, 15) is 0 Å². The highest BCUT2D eigenvalue weighted by molar-refractivity contribution is 8.00. The van der Waals surface area contributed by atoms with E-state index in [1.54, 1.807) is 34.4 Å². The maximum absolute atomic E-state index is 5.43. The van der Waals surface area contributed by atoms with Crippen LogP contribution in [0.1, 0.15) is 10.6 Å². The van der Waals surface area contributed by atoms with Crippen LogP contribution in [0.15, 0.2) is 62.8 Å². The molecule has 4 rings (SSSR count).